The van der Waals surface area contributed by atoms with Gasteiger partial charge in [0.2, 0.25) is 12.7 Å². The number of amides is 2. The number of nitrogens with zero attached hydrogens (tertiary/aromatic N) is 2. The molecule has 0 saturated heterocycles. The molecule has 0 bridgehead atoms. The SMILES string of the molecule is Cc1ccc(CN(Cc2ccc3c(c2)OCO3)C(=O)CN(CC(C)C)C(=O)c2ccco2)o1. The van der Waals surface area contributed by atoms with Crippen LogP contribution in [0.5, 0.6) is 11.5 Å². The Kier molecular flexibility index (Phi) is 6.72. The quantitative estimate of drug-likeness (QED) is 0.483. The van der Waals surface area contributed by atoms with Gasteiger partial charge in [0.05, 0.1) is 12.8 Å². The van der Waals surface area contributed by atoms with Gasteiger partial charge in [-0.05, 0) is 54.8 Å². The number of aryl methyl sites for hydroxylation is 1. The Bertz CT molecular complexity index is 1100. The summed E-state index contributed by atoms with van der Waals surface area (Å²) in [5.41, 5.74) is 0.892. The van der Waals surface area contributed by atoms with Gasteiger partial charge in [0.1, 0.15) is 18.1 Å². The second-order valence-electron chi connectivity index (χ2n) is 8.51. The normalized spacial score (nSPS) is 12.2. The van der Waals surface area contributed by atoms with Gasteiger partial charge in [-0.3, -0.25) is 9.59 Å². The average Bonchev–Trinajstić information content (AvgIpc) is 3.54. The first-order chi connectivity index (χ1) is 15.9. The van der Waals surface area contributed by atoms with Gasteiger partial charge < -0.3 is 28.1 Å². The van der Waals surface area contributed by atoms with Gasteiger partial charge in [-0.25, -0.2) is 0 Å². The summed E-state index contributed by atoms with van der Waals surface area (Å²) >= 11 is 0. The molecule has 0 N–H and O–H groups in total. The topological polar surface area (TPSA) is 85.4 Å². The third-order valence-corrected chi connectivity index (χ3v) is 5.24. The van der Waals surface area contributed by atoms with Crippen LogP contribution in [0.1, 0.15) is 41.5 Å². The Morgan fingerprint density at radius 1 is 1.00 bits per heavy atom. The van der Waals surface area contributed by atoms with Crippen LogP contribution >= 0.6 is 0 Å². The number of carbonyl (C=O) groups excluding carboxylic acids is 2. The fraction of sp³-hybridized carbons (Fsp3) is 0.360. The standard InChI is InChI=1S/C25H28N2O6/c1-17(2)12-27(25(29)22-5-4-10-30-22)15-24(28)26(14-20-8-6-18(3)33-20)13-19-7-9-21-23(11-19)32-16-31-21/h4-11,17H,12-16H2,1-3H3. The van der Waals surface area contributed by atoms with Crippen molar-refractivity contribution in [2.24, 2.45) is 5.92 Å². The number of ether oxygens (including phenoxy) is 2. The Balaban J connectivity index is 1.55. The van der Waals surface area contributed by atoms with E-state index in [1.54, 1.807) is 17.0 Å². The molecule has 0 spiro atoms. The molecule has 2 amide bonds. The van der Waals surface area contributed by atoms with Crippen molar-refractivity contribution < 1.29 is 27.9 Å². The van der Waals surface area contributed by atoms with E-state index in [-0.39, 0.29) is 43.4 Å². The van der Waals surface area contributed by atoms with Crippen LogP contribution < -0.4 is 9.47 Å². The molecule has 4 rings (SSSR count). The lowest BCUT2D eigenvalue weighted by atomic mass is 10.1. The molecule has 0 aliphatic carbocycles. The zero-order chi connectivity index (χ0) is 23.4. The molecule has 0 fully saturated rings. The highest BCUT2D eigenvalue weighted by atomic mass is 16.7. The van der Waals surface area contributed by atoms with Gasteiger partial charge in [0, 0.05) is 13.1 Å². The van der Waals surface area contributed by atoms with Gasteiger partial charge in [-0.2, -0.15) is 0 Å². The van der Waals surface area contributed by atoms with Crippen LogP contribution in [0.25, 0.3) is 0 Å². The number of hydrogen-bond acceptors (Lipinski definition) is 6. The van der Waals surface area contributed by atoms with E-state index in [1.165, 1.54) is 11.2 Å². The van der Waals surface area contributed by atoms with Crippen molar-refractivity contribution in [1.82, 2.24) is 9.80 Å². The summed E-state index contributed by atoms with van der Waals surface area (Å²) in [5.74, 6) is 2.69. The van der Waals surface area contributed by atoms with Crippen LogP contribution in [0, 0.1) is 12.8 Å². The molecule has 1 aromatic carbocycles. The molecular weight excluding hydrogens is 424 g/mol. The molecule has 0 radical (unpaired) electrons. The number of hydrogen-bond donors (Lipinski definition) is 0. The van der Waals surface area contributed by atoms with Crippen LogP contribution in [-0.2, 0) is 17.9 Å². The monoisotopic (exact) mass is 452 g/mol. The zero-order valence-electron chi connectivity index (χ0n) is 19.1. The molecule has 8 heteroatoms. The lowest BCUT2D eigenvalue weighted by Gasteiger charge is -2.28. The molecule has 1 aliphatic heterocycles. The maximum Gasteiger partial charge on any atom is 0.290 e. The average molecular weight is 453 g/mol. The Labute approximate surface area is 192 Å². The maximum atomic E-state index is 13.5. The highest BCUT2D eigenvalue weighted by molar-refractivity contribution is 5.94. The van der Waals surface area contributed by atoms with Crippen molar-refractivity contribution >= 4 is 11.8 Å². The minimum Gasteiger partial charge on any atom is -0.464 e. The number of furan rings is 2. The maximum absolute atomic E-state index is 13.5. The van der Waals surface area contributed by atoms with Crippen molar-refractivity contribution in [3.8, 4) is 11.5 Å². The Morgan fingerprint density at radius 2 is 1.82 bits per heavy atom. The summed E-state index contributed by atoms with van der Waals surface area (Å²) in [6.07, 6.45) is 1.45. The predicted octanol–water partition coefficient (Wildman–Crippen LogP) is 4.24. The van der Waals surface area contributed by atoms with Gasteiger partial charge >= 0.3 is 0 Å². The second-order valence-corrected chi connectivity index (χ2v) is 8.51. The molecule has 0 unspecified atom stereocenters. The number of carbonyl (C=O) groups is 2. The Hall–Kier alpha value is -3.68. The molecule has 3 aromatic rings. The first-order valence-corrected chi connectivity index (χ1v) is 10.9. The lowest BCUT2D eigenvalue weighted by Crippen LogP contribution is -2.43. The van der Waals surface area contributed by atoms with E-state index in [2.05, 4.69) is 0 Å². The van der Waals surface area contributed by atoms with Gasteiger partial charge in [0.25, 0.3) is 5.91 Å². The number of rotatable bonds is 9. The van der Waals surface area contributed by atoms with Crippen LogP contribution in [0.4, 0.5) is 0 Å². The molecule has 33 heavy (non-hydrogen) atoms. The van der Waals surface area contributed by atoms with Crippen molar-refractivity contribution in [3.05, 3.63) is 71.6 Å². The fourth-order valence-electron chi connectivity index (χ4n) is 3.73. The van der Waals surface area contributed by atoms with Crippen LogP contribution in [-0.4, -0.2) is 41.5 Å². The van der Waals surface area contributed by atoms with Crippen LogP contribution in [0.15, 0.2) is 57.6 Å². The van der Waals surface area contributed by atoms with E-state index in [4.69, 9.17) is 18.3 Å². The highest BCUT2D eigenvalue weighted by Crippen LogP contribution is 2.33. The predicted molar refractivity (Wildman–Crippen MR) is 120 cm³/mol. The molecule has 0 atom stereocenters. The van der Waals surface area contributed by atoms with E-state index >= 15 is 0 Å². The molecule has 0 saturated carbocycles. The molecule has 174 valence electrons. The summed E-state index contributed by atoms with van der Waals surface area (Å²) in [6.45, 7) is 7.04. The van der Waals surface area contributed by atoms with Crippen molar-refractivity contribution in [3.63, 3.8) is 0 Å². The van der Waals surface area contributed by atoms with E-state index in [1.807, 2.05) is 51.1 Å². The highest BCUT2D eigenvalue weighted by Gasteiger charge is 2.26. The molecule has 8 nitrogen and oxygen atoms in total. The lowest BCUT2D eigenvalue weighted by molar-refractivity contribution is -0.133. The molecule has 3 heterocycles. The molecule has 2 aromatic heterocycles. The smallest absolute Gasteiger partial charge is 0.290 e. The van der Waals surface area contributed by atoms with Crippen LogP contribution in [0.3, 0.4) is 0 Å². The summed E-state index contributed by atoms with van der Waals surface area (Å²) in [7, 11) is 0. The van der Waals surface area contributed by atoms with Crippen LogP contribution in [0.2, 0.25) is 0 Å². The van der Waals surface area contributed by atoms with Gasteiger partial charge in [0.15, 0.2) is 17.3 Å². The third kappa shape index (κ3) is 5.58. The number of fused-ring (bicyclic) bond motifs is 1. The molecular formula is C25H28N2O6. The van der Waals surface area contributed by atoms with Crippen molar-refractivity contribution in [2.75, 3.05) is 19.9 Å². The largest absolute Gasteiger partial charge is 0.464 e. The van der Waals surface area contributed by atoms with Crippen molar-refractivity contribution in [2.45, 2.75) is 33.9 Å². The van der Waals surface area contributed by atoms with E-state index in [9.17, 15) is 9.59 Å². The first-order valence-electron chi connectivity index (χ1n) is 10.9. The Morgan fingerprint density at radius 3 is 2.52 bits per heavy atom. The second kappa shape index (κ2) is 9.85. The summed E-state index contributed by atoms with van der Waals surface area (Å²) in [5, 5.41) is 0. The number of benzene rings is 1. The summed E-state index contributed by atoms with van der Waals surface area (Å²) in [4.78, 5) is 29.6. The fourth-order valence-corrected chi connectivity index (χ4v) is 3.73. The third-order valence-electron chi connectivity index (χ3n) is 5.24. The van der Waals surface area contributed by atoms with E-state index in [0.29, 0.717) is 30.3 Å². The first kappa shape index (κ1) is 22.5. The summed E-state index contributed by atoms with van der Waals surface area (Å²) < 4.78 is 21.9. The zero-order valence-corrected chi connectivity index (χ0v) is 19.1. The van der Waals surface area contributed by atoms with E-state index < -0.39 is 0 Å². The van der Waals surface area contributed by atoms with Crippen molar-refractivity contribution in [1.29, 1.82) is 0 Å². The van der Waals surface area contributed by atoms with E-state index in [0.717, 1.165) is 11.3 Å². The van der Waals surface area contributed by atoms with Gasteiger partial charge in [-0.15, -0.1) is 0 Å². The minimum absolute atomic E-state index is 0.0675. The minimum atomic E-state index is -0.307. The van der Waals surface area contributed by atoms with Gasteiger partial charge in [-0.1, -0.05) is 19.9 Å². The summed E-state index contributed by atoms with van der Waals surface area (Å²) in [6, 6.07) is 12.6. The molecule has 1 aliphatic rings.